The van der Waals surface area contributed by atoms with E-state index in [1.165, 1.54) is 9.80 Å². The molecule has 0 aromatic rings. The van der Waals surface area contributed by atoms with Gasteiger partial charge in [-0.15, -0.1) is 0 Å². The predicted octanol–water partition coefficient (Wildman–Crippen LogP) is 0.659. The van der Waals surface area contributed by atoms with E-state index >= 15 is 0 Å². The van der Waals surface area contributed by atoms with Gasteiger partial charge in [-0.3, -0.25) is 9.69 Å². The van der Waals surface area contributed by atoms with Crippen molar-refractivity contribution in [2.24, 2.45) is 0 Å². The third kappa shape index (κ3) is 3.20. The second-order valence-corrected chi connectivity index (χ2v) is 4.33. The van der Waals surface area contributed by atoms with Crippen molar-refractivity contribution in [3.63, 3.8) is 0 Å². The molecule has 1 N–H and O–H groups in total. The maximum atomic E-state index is 11.6. The minimum absolute atomic E-state index is 0.0878. The zero-order valence-electron chi connectivity index (χ0n) is 10.3. The van der Waals surface area contributed by atoms with Crippen LogP contribution in [0, 0.1) is 0 Å². The van der Waals surface area contributed by atoms with Gasteiger partial charge in [-0.1, -0.05) is 6.92 Å². The summed E-state index contributed by atoms with van der Waals surface area (Å²) < 4.78 is 0. The summed E-state index contributed by atoms with van der Waals surface area (Å²) in [4.78, 5) is 25.8. The van der Waals surface area contributed by atoms with Gasteiger partial charge in [0.1, 0.15) is 6.54 Å². The molecule has 1 unspecified atom stereocenters. The summed E-state index contributed by atoms with van der Waals surface area (Å²) in [5, 5.41) is 3.33. The molecule has 5 nitrogen and oxygen atoms in total. The van der Waals surface area contributed by atoms with Gasteiger partial charge >= 0.3 is 6.03 Å². The topological polar surface area (TPSA) is 52.7 Å². The highest BCUT2D eigenvalue weighted by Gasteiger charge is 2.32. The Balaban J connectivity index is 2.32. The lowest BCUT2D eigenvalue weighted by atomic mass is 10.2. The molecule has 1 aliphatic rings. The second kappa shape index (κ2) is 5.84. The van der Waals surface area contributed by atoms with Crippen LogP contribution in [0.25, 0.3) is 0 Å². The smallest absolute Gasteiger partial charge is 0.318 e. The number of likely N-dealkylation sites (N-methyl/N-ethyl adjacent to an activating group) is 1. The van der Waals surface area contributed by atoms with Crippen LogP contribution in [0.1, 0.15) is 26.7 Å². The zero-order chi connectivity index (χ0) is 12.1. The van der Waals surface area contributed by atoms with Crippen LogP contribution in [0.5, 0.6) is 0 Å². The molecule has 92 valence electrons. The van der Waals surface area contributed by atoms with E-state index in [2.05, 4.69) is 19.2 Å². The largest absolute Gasteiger partial charge is 0.326 e. The lowest BCUT2D eigenvalue weighted by Gasteiger charge is -2.18. The van der Waals surface area contributed by atoms with Crippen LogP contribution in [-0.4, -0.2) is 54.5 Å². The van der Waals surface area contributed by atoms with Crippen molar-refractivity contribution in [1.29, 1.82) is 0 Å². The van der Waals surface area contributed by atoms with E-state index in [1.807, 2.05) is 0 Å². The van der Waals surface area contributed by atoms with Crippen LogP contribution in [0.15, 0.2) is 0 Å². The fourth-order valence-corrected chi connectivity index (χ4v) is 1.70. The van der Waals surface area contributed by atoms with E-state index in [0.717, 1.165) is 19.4 Å². The number of imide groups is 1. The molecule has 1 fully saturated rings. The minimum atomic E-state index is -0.173. The van der Waals surface area contributed by atoms with Gasteiger partial charge in [0.2, 0.25) is 5.91 Å². The lowest BCUT2D eigenvalue weighted by Crippen LogP contribution is -2.36. The average molecular weight is 227 g/mol. The van der Waals surface area contributed by atoms with E-state index in [1.54, 1.807) is 7.05 Å². The number of amides is 3. The van der Waals surface area contributed by atoms with Gasteiger partial charge in [-0.2, -0.15) is 0 Å². The summed E-state index contributed by atoms with van der Waals surface area (Å²) in [6, 6.07) is 0.166. The Morgan fingerprint density at radius 2 is 2.12 bits per heavy atom. The first kappa shape index (κ1) is 13.0. The number of carbonyl (C=O) groups excluding carboxylic acids is 2. The van der Waals surface area contributed by atoms with Crippen molar-refractivity contribution in [2.45, 2.75) is 32.7 Å². The summed E-state index contributed by atoms with van der Waals surface area (Å²) in [7, 11) is 1.65. The number of carbonyl (C=O) groups is 2. The van der Waals surface area contributed by atoms with E-state index in [-0.39, 0.29) is 18.5 Å². The summed E-state index contributed by atoms with van der Waals surface area (Å²) in [5.74, 6) is -0.0878. The van der Waals surface area contributed by atoms with Crippen LogP contribution < -0.4 is 5.32 Å². The van der Waals surface area contributed by atoms with Crippen molar-refractivity contribution >= 4 is 11.9 Å². The van der Waals surface area contributed by atoms with Gasteiger partial charge in [0.05, 0.1) is 0 Å². The van der Waals surface area contributed by atoms with Crippen molar-refractivity contribution < 1.29 is 9.59 Å². The molecule has 5 heteroatoms. The molecular formula is C11H21N3O2. The van der Waals surface area contributed by atoms with Gasteiger partial charge in [0.15, 0.2) is 0 Å². The van der Waals surface area contributed by atoms with Crippen LogP contribution in [0.2, 0.25) is 0 Å². The first-order valence-corrected chi connectivity index (χ1v) is 5.85. The molecule has 0 radical (unpaired) electrons. The van der Waals surface area contributed by atoms with E-state index in [0.29, 0.717) is 12.6 Å². The quantitative estimate of drug-likeness (QED) is 0.678. The highest BCUT2D eigenvalue weighted by Crippen LogP contribution is 2.09. The number of nitrogens with zero attached hydrogens (tertiary/aromatic N) is 2. The van der Waals surface area contributed by atoms with E-state index < -0.39 is 0 Å². The SMILES string of the molecule is CCCNC(C)CCN1C(=O)CN(C)C1=O. The number of nitrogens with one attached hydrogen (secondary N) is 1. The molecule has 16 heavy (non-hydrogen) atoms. The van der Waals surface area contributed by atoms with Gasteiger partial charge in [-0.25, -0.2) is 4.79 Å². The van der Waals surface area contributed by atoms with Crippen molar-refractivity contribution in [1.82, 2.24) is 15.1 Å². The van der Waals surface area contributed by atoms with Crippen LogP contribution >= 0.6 is 0 Å². The van der Waals surface area contributed by atoms with Crippen LogP contribution in [0.4, 0.5) is 4.79 Å². The molecule has 1 heterocycles. The maximum Gasteiger partial charge on any atom is 0.326 e. The number of urea groups is 1. The third-order valence-corrected chi connectivity index (χ3v) is 2.76. The summed E-state index contributed by atoms with van der Waals surface area (Å²) in [6.45, 7) is 5.89. The molecule has 0 aromatic heterocycles. The fourth-order valence-electron chi connectivity index (χ4n) is 1.70. The monoisotopic (exact) mass is 227 g/mol. The summed E-state index contributed by atoms with van der Waals surface area (Å²) >= 11 is 0. The zero-order valence-corrected chi connectivity index (χ0v) is 10.3. The van der Waals surface area contributed by atoms with Gasteiger partial charge in [-0.05, 0) is 26.3 Å². The maximum absolute atomic E-state index is 11.6. The Labute approximate surface area is 96.8 Å². The Kier molecular flexibility index (Phi) is 4.73. The first-order chi connectivity index (χ1) is 7.56. The Hall–Kier alpha value is -1.10. The molecule has 0 saturated carbocycles. The summed E-state index contributed by atoms with van der Waals surface area (Å²) in [5.41, 5.74) is 0. The van der Waals surface area contributed by atoms with E-state index in [9.17, 15) is 9.59 Å². The highest BCUT2D eigenvalue weighted by molar-refractivity contribution is 6.01. The molecule has 0 spiro atoms. The molecule has 1 aliphatic heterocycles. The van der Waals surface area contributed by atoms with Crippen molar-refractivity contribution in [3.05, 3.63) is 0 Å². The first-order valence-electron chi connectivity index (χ1n) is 5.85. The Morgan fingerprint density at radius 3 is 2.62 bits per heavy atom. The molecule has 0 aromatic carbocycles. The average Bonchev–Trinajstić information content (AvgIpc) is 2.48. The molecular weight excluding hydrogens is 206 g/mol. The van der Waals surface area contributed by atoms with Gasteiger partial charge in [0, 0.05) is 19.6 Å². The van der Waals surface area contributed by atoms with Crippen molar-refractivity contribution in [2.75, 3.05) is 26.7 Å². The van der Waals surface area contributed by atoms with Crippen molar-refractivity contribution in [3.8, 4) is 0 Å². The Bertz CT molecular complexity index is 268. The standard InChI is InChI=1S/C11H21N3O2/c1-4-6-12-9(2)5-7-14-10(15)8-13(3)11(14)16/h9,12H,4-8H2,1-3H3. The van der Waals surface area contributed by atoms with Crippen LogP contribution in [0.3, 0.4) is 0 Å². The third-order valence-electron chi connectivity index (χ3n) is 2.76. The molecule has 1 atom stereocenters. The molecule has 1 rings (SSSR count). The molecule has 1 saturated heterocycles. The van der Waals surface area contributed by atoms with E-state index in [4.69, 9.17) is 0 Å². The van der Waals surface area contributed by atoms with Gasteiger partial charge < -0.3 is 10.2 Å². The molecule has 0 aliphatic carbocycles. The number of hydrogen-bond donors (Lipinski definition) is 1. The Morgan fingerprint density at radius 1 is 1.44 bits per heavy atom. The highest BCUT2D eigenvalue weighted by atomic mass is 16.2. The second-order valence-electron chi connectivity index (χ2n) is 4.33. The molecule has 3 amide bonds. The summed E-state index contributed by atoms with van der Waals surface area (Å²) in [6.07, 6.45) is 1.90. The minimum Gasteiger partial charge on any atom is -0.318 e. The fraction of sp³-hybridized carbons (Fsp3) is 0.818. The lowest BCUT2D eigenvalue weighted by molar-refractivity contribution is -0.125. The predicted molar refractivity (Wildman–Crippen MR) is 62.1 cm³/mol. The normalized spacial score (nSPS) is 18.4. The number of rotatable bonds is 6. The van der Waals surface area contributed by atoms with Crippen LogP contribution in [-0.2, 0) is 4.79 Å². The number of hydrogen-bond acceptors (Lipinski definition) is 3. The van der Waals surface area contributed by atoms with Gasteiger partial charge in [0.25, 0.3) is 0 Å². The molecule has 0 bridgehead atoms.